The molecule has 6 heteroatoms. The number of piperidine rings is 1. The molecule has 0 bridgehead atoms. The highest BCUT2D eigenvalue weighted by atomic mass is 16.5. The van der Waals surface area contributed by atoms with Gasteiger partial charge in [-0.1, -0.05) is 0 Å². The fourth-order valence-corrected chi connectivity index (χ4v) is 2.09. The minimum absolute atomic E-state index is 0.394. The maximum atomic E-state index is 5.62. The highest BCUT2D eigenvalue weighted by Gasteiger charge is 2.20. The predicted molar refractivity (Wildman–Crippen MR) is 66.7 cm³/mol. The molecule has 2 rings (SSSR count). The summed E-state index contributed by atoms with van der Waals surface area (Å²) in [5, 5.41) is 0. The van der Waals surface area contributed by atoms with Gasteiger partial charge in [-0.25, -0.2) is 15.8 Å². The monoisotopic (exact) mass is 237 g/mol. The Hall–Kier alpha value is -1.40. The van der Waals surface area contributed by atoms with E-state index >= 15 is 0 Å². The number of anilines is 2. The van der Waals surface area contributed by atoms with Gasteiger partial charge in [0.05, 0.1) is 6.10 Å². The molecule has 94 valence electrons. The molecule has 0 spiro atoms. The molecule has 1 aliphatic heterocycles. The van der Waals surface area contributed by atoms with E-state index in [0.717, 1.165) is 38.4 Å². The Balaban J connectivity index is 1.95. The number of ether oxygens (including phenoxy) is 1. The molecule has 2 heterocycles. The van der Waals surface area contributed by atoms with Crippen molar-refractivity contribution in [1.82, 2.24) is 9.97 Å². The van der Waals surface area contributed by atoms with Crippen molar-refractivity contribution in [3.8, 4) is 0 Å². The summed E-state index contributed by atoms with van der Waals surface area (Å²) in [5.74, 6) is 6.89. The minimum Gasteiger partial charge on any atom is -0.378 e. The molecule has 17 heavy (non-hydrogen) atoms. The van der Waals surface area contributed by atoms with Crippen molar-refractivity contribution >= 4 is 11.6 Å². The van der Waals surface area contributed by atoms with Crippen molar-refractivity contribution in [2.24, 2.45) is 5.84 Å². The molecule has 1 aliphatic rings. The van der Waals surface area contributed by atoms with E-state index in [-0.39, 0.29) is 0 Å². The van der Waals surface area contributed by atoms with Crippen molar-refractivity contribution in [2.45, 2.75) is 25.9 Å². The van der Waals surface area contributed by atoms with E-state index in [1.54, 1.807) is 0 Å². The van der Waals surface area contributed by atoms with E-state index in [9.17, 15) is 0 Å². The number of nitrogens with zero attached hydrogens (tertiary/aromatic N) is 3. The van der Waals surface area contributed by atoms with Crippen LogP contribution in [0.3, 0.4) is 0 Å². The van der Waals surface area contributed by atoms with Crippen LogP contribution >= 0.6 is 0 Å². The number of nitrogens with one attached hydrogen (secondary N) is 1. The van der Waals surface area contributed by atoms with Gasteiger partial charge in [-0.05, 0) is 19.8 Å². The summed E-state index contributed by atoms with van der Waals surface area (Å²) in [6, 6.07) is 1.86. The molecule has 0 atom stereocenters. The Morgan fingerprint density at radius 1 is 1.47 bits per heavy atom. The van der Waals surface area contributed by atoms with Crippen LogP contribution in [0.25, 0.3) is 0 Å². The van der Waals surface area contributed by atoms with E-state index in [0.29, 0.717) is 11.9 Å². The summed E-state index contributed by atoms with van der Waals surface area (Å²) in [5.41, 5.74) is 2.53. The fraction of sp³-hybridized carbons (Fsp3) is 0.636. The van der Waals surface area contributed by atoms with Crippen LogP contribution in [-0.4, -0.2) is 35.8 Å². The van der Waals surface area contributed by atoms with Crippen LogP contribution in [0.5, 0.6) is 0 Å². The summed E-state index contributed by atoms with van der Waals surface area (Å²) in [6.07, 6.45) is 4.01. The largest absolute Gasteiger partial charge is 0.378 e. The molecule has 0 radical (unpaired) electrons. The van der Waals surface area contributed by atoms with Crippen LogP contribution in [-0.2, 0) is 4.74 Å². The molecule has 3 N–H and O–H groups in total. The first-order valence-electron chi connectivity index (χ1n) is 5.98. The number of hydrazine groups is 1. The van der Waals surface area contributed by atoms with Crippen LogP contribution in [0.15, 0.2) is 12.4 Å². The fourth-order valence-electron chi connectivity index (χ4n) is 2.09. The van der Waals surface area contributed by atoms with Gasteiger partial charge in [-0.15, -0.1) is 0 Å². The van der Waals surface area contributed by atoms with E-state index in [1.165, 1.54) is 6.33 Å². The molecular formula is C11H19N5O. The Kier molecular flexibility index (Phi) is 4.11. The van der Waals surface area contributed by atoms with E-state index < -0.39 is 0 Å². The lowest BCUT2D eigenvalue weighted by molar-refractivity contribution is 0.0458. The second-order valence-electron chi connectivity index (χ2n) is 4.05. The molecule has 0 saturated carbocycles. The summed E-state index contributed by atoms with van der Waals surface area (Å²) in [4.78, 5) is 10.5. The summed E-state index contributed by atoms with van der Waals surface area (Å²) >= 11 is 0. The van der Waals surface area contributed by atoms with Gasteiger partial charge < -0.3 is 15.1 Å². The van der Waals surface area contributed by atoms with Crippen molar-refractivity contribution in [3.05, 3.63) is 12.4 Å². The third-order valence-corrected chi connectivity index (χ3v) is 2.97. The Morgan fingerprint density at radius 3 is 2.88 bits per heavy atom. The molecule has 0 aliphatic carbocycles. The van der Waals surface area contributed by atoms with Crippen LogP contribution in [0.4, 0.5) is 11.6 Å². The lowest BCUT2D eigenvalue weighted by Crippen LogP contribution is -2.37. The summed E-state index contributed by atoms with van der Waals surface area (Å²) in [6.45, 7) is 4.76. The Morgan fingerprint density at radius 2 is 2.24 bits per heavy atom. The first-order chi connectivity index (χ1) is 8.33. The third-order valence-electron chi connectivity index (χ3n) is 2.97. The van der Waals surface area contributed by atoms with Crippen molar-refractivity contribution in [3.63, 3.8) is 0 Å². The van der Waals surface area contributed by atoms with Crippen LogP contribution in [0, 0.1) is 0 Å². The van der Waals surface area contributed by atoms with Gasteiger partial charge in [0, 0.05) is 25.8 Å². The van der Waals surface area contributed by atoms with Gasteiger partial charge in [-0.2, -0.15) is 0 Å². The molecule has 1 saturated heterocycles. The summed E-state index contributed by atoms with van der Waals surface area (Å²) < 4.78 is 5.62. The number of rotatable bonds is 4. The molecule has 1 fully saturated rings. The standard InChI is InChI=1S/C11H19N5O/c1-2-17-9-3-5-16(6-4-9)11-7-10(15-12)13-8-14-11/h7-9H,2-6,12H2,1H3,(H,13,14,15). The van der Waals surface area contributed by atoms with Crippen LogP contribution in [0.1, 0.15) is 19.8 Å². The van der Waals surface area contributed by atoms with Gasteiger partial charge >= 0.3 is 0 Å². The zero-order chi connectivity index (χ0) is 12.1. The van der Waals surface area contributed by atoms with Crippen molar-refractivity contribution < 1.29 is 4.74 Å². The highest BCUT2D eigenvalue weighted by molar-refractivity contribution is 5.47. The van der Waals surface area contributed by atoms with E-state index in [2.05, 4.69) is 20.3 Å². The van der Waals surface area contributed by atoms with Crippen molar-refractivity contribution in [1.29, 1.82) is 0 Å². The molecule has 0 unspecified atom stereocenters. The predicted octanol–water partition coefficient (Wildman–Crippen LogP) is 0.767. The maximum absolute atomic E-state index is 5.62. The van der Waals surface area contributed by atoms with Gasteiger partial charge in [0.1, 0.15) is 18.0 Å². The minimum atomic E-state index is 0.394. The average molecular weight is 237 g/mol. The topological polar surface area (TPSA) is 76.3 Å². The highest BCUT2D eigenvalue weighted by Crippen LogP contribution is 2.20. The van der Waals surface area contributed by atoms with Gasteiger partial charge in [-0.3, -0.25) is 0 Å². The zero-order valence-electron chi connectivity index (χ0n) is 10.1. The maximum Gasteiger partial charge on any atom is 0.145 e. The lowest BCUT2D eigenvalue weighted by atomic mass is 10.1. The Bertz CT molecular complexity index is 351. The molecule has 6 nitrogen and oxygen atoms in total. The SMILES string of the molecule is CCOC1CCN(c2cc(NN)ncn2)CC1. The second kappa shape index (κ2) is 5.79. The van der Waals surface area contributed by atoms with Crippen LogP contribution < -0.4 is 16.2 Å². The van der Waals surface area contributed by atoms with Gasteiger partial charge in [0.2, 0.25) is 0 Å². The smallest absolute Gasteiger partial charge is 0.145 e. The molecule has 0 amide bonds. The Labute approximate surface area is 101 Å². The number of hydrogen-bond donors (Lipinski definition) is 2. The first-order valence-corrected chi connectivity index (χ1v) is 5.98. The second-order valence-corrected chi connectivity index (χ2v) is 4.05. The van der Waals surface area contributed by atoms with Gasteiger partial charge in [0.25, 0.3) is 0 Å². The average Bonchev–Trinajstić information content (AvgIpc) is 2.40. The molecule has 1 aromatic heterocycles. The number of nitrogen functional groups attached to an aromatic ring is 1. The van der Waals surface area contributed by atoms with E-state index in [1.807, 2.05) is 13.0 Å². The van der Waals surface area contributed by atoms with Gasteiger partial charge in [0.15, 0.2) is 0 Å². The molecule has 0 aromatic carbocycles. The number of aromatic nitrogens is 2. The molecule has 1 aromatic rings. The molecular weight excluding hydrogens is 218 g/mol. The quantitative estimate of drug-likeness (QED) is 0.595. The first kappa shape index (κ1) is 12.1. The normalized spacial score (nSPS) is 17.2. The van der Waals surface area contributed by atoms with Crippen molar-refractivity contribution in [2.75, 3.05) is 30.0 Å². The van der Waals surface area contributed by atoms with E-state index in [4.69, 9.17) is 10.6 Å². The third kappa shape index (κ3) is 3.04. The number of hydrogen-bond acceptors (Lipinski definition) is 6. The number of nitrogens with two attached hydrogens (primary N) is 1. The zero-order valence-corrected chi connectivity index (χ0v) is 10.1. The van der Waals surface area contributed by atoms with Crippen LogP contribution in [0.2, 0.25) is 0 Å². The lowest BCUT2D eigenvalue weighted by Gasteiger charge is -2.32. The summed E-state index contributed by atoms with van der Waals surface area (Å²) in [7, 11) is 0.